The molecule has 0 atom stereocenters. The molecule has 0 spiro atoms. The molecule has 6 heteroatoms. The first kappa shape index (κ1) is 14.5. The fraction of sp³-hybridized carbons (Fsp3) is 0.125. The second-order valence-electron chi connectivity index (χ2n) is 4.63. The maximum Gasteiger partial charge on any atom is 0.264 e. The number of nitrogens with one attached hydrogen (secondary N) is 1. The fourth-order valence-corrected chi connectivity index (χ4v) is 2.74. The second-order valence-corrected chi connectivity index (χ2v) is 5.66. The van der Waals surface area contributed by atoms with Crippen LogP contribution in [0.4, 0.5) is 5.69 Å². The molecular weight excluding hydrogens is 300 g/mol. The number of methoxy groups -OCH3 is 1. The molecule has 0 saturated carbocycles. The van der Waals surface area contributed by atoms with Crippen molar-refractivity contribution < 1.29 is 13.9 Å². The van der Waals surface area contributed by atoms with Crippen LogP contribution in [0.15, 0.2) is 50.7 Å². The third-order valence-electron chi connectivity index (χ3n) is 2.99. The Balaban J connectivity index is 1.78. The summed E-state index contributed by atoms with van der Waals surface area (Å²) >= 11 is 1.29. The Kier molecular flexibility index (Phi) is 4.02. The zero-order valence-corrected chi connectivity index (χ0v) is 12.9. The Labute approximate surface area is 132 Å². The van der Waals surface area contributed by atoms with Crippen molar-refractivity contribution in [2.45, 2.75) is 6.92 Å². The molecule has 2 aromatic rings. The average molecular weight is 314 g/mol. The summed E-state index contributed by atoms with van der Waals surface area (Å²) in [6.45, 7) is 1.86. The van der Waals surface area contributed by atoms with Crippen LogP contribution in [-0.2, 0) is 4.79 Å². The standard InChI is InChI=1S/C16H14N2O3S/c1-10-3-6-13(21-10)9-14-15(19)18-16(22-14)17-11-4-7-12(20-2)8-5-11/h3-9H,1-2H3,(H,17,18,19). The molecule has 0 unspecified atom stereocenters. The summed E-state index contributed by atoms with van der Waals surface area (Å²) in [4.78, 5) is 16.9. The lowest BCUT2D eigenvalue weighted by Crippen LogP contribution is -2.19. The van der Waals surface area contributed by atoms with Crippen LogP contribution in [-0.4, -0.2) is 18.2 Å². The van der Waals surface area contributed by atoms with Gasteiger partial charge >= 0.3 is 0 Å². The third-order valence-corrected chi connectivity index (χ3v) is 3.90. The van der Waals surface area contributed by atoms with Gasteiger partial charge in [-0.25, -0.2) is 4.99 Å². The van der Waals surface area contributed by atoms with E-state index in [4.69, 9.17) is 9.15 Å². The van der Waals surface area contributed by atoms with E-state index in [2.05, 4.69) is 10.3 Å². The highest BCUT2D eigenvalue weighted by molar-refractivity contribution is 8.18. The zero-order valence-electron chi connectivity index (χ0n) is 12.1. The lowest BCUT2D eigenvalue weighted by Gasteiger charge is -1.99. The Morgan fingerprint density at radius 3 is 2.64 bits per heavy atom. The van der Waals surface area contributed by atoms with Crippen molar-refractivity contribution >= 4 is 34.6 Å². The number of amides is 1. The number of furan rings is 1. The number of hydrogen-bond donors (Lipinski definition) is 1. The minimum absolute atomic E-state index is 0.175. The van der Waals surface area contributed by atoms with E-state index in [0.717, 1.165) is 17.2 Å². The van der Waals surface area contributed by atoms with Crippen LogP contribution < -0.4 is 10.1 Å². The lowest BCUT2D eigenvalue weighted by molar-refractivity contribution is -0.115. The van der Waals surface area contributed by atoms with Gasteiger partial charge in [-0.2, -0.15) is 0 Å². The Bertz CT molecular complexity index is 760. The van der Waals surface area contributed by atoms with Crippen molar-refractivity contribution in [1.82, 2.24) is 5.32 Å². The van der Waals surface area contributed by atoms with E-state index in [0.29, 0.717) is 15.8 Å². The van der Waals surface area contributed by atoms with Gasteiger partial charge in [0, 0.05) is 6.08 Å². The molecule has 1 saturated heterocycles. The predicted molar refractivity (Wildman–Crippen MR) is 87.2 cm³/mol. The van der Waals surface area contributed by atoms with Crippen LogP contribution in [0.5, 0.6) is 5.75 Å². The zero-order chi connectivity index (χ0) is 15.5. The van der Waals surface area contributed by atoms with Crippen molar-refractivity contribution in [3.63, 3.8) is 0 Å². The van der Waals surface area contributed by atoms with Gasteiger partial charge < -0.3 is 14.5 Å². The van der Waals surface area contributed by atoms with Gasteiger partial charge in [0.1, 0.15) is 17.3 Å². The van der Waals surface area contributed by atoms with Crippen LogP contribution >= 0.6 is 11.8 Å². The minimum atomic E-state index is -0.175. The molecule has 1 N–H and O–H groups in total. The van der Waals surface area contributed by atoms with E-state index in [1.54, 1.807) is 13.2 Å². The van der Waals surface area contributed by atoms with Gasteiger partial charge in [0.15, 0.2) is 5.17 Å². The highest BCUT2D eigenvalue weighted by Crippen LogP contribution is 2.28. The summed E-state index contributed by atoms with van der Waals surface area (Å²) in [5.41, 5.74) is 0.749. The number of ether oxygens (including phenoxy) is 1. The monoisotopic (exact) mass is 314 g/mol. The normalized spacial score (nSPS) is 18.0. The van der Waals surface area contributed by atoms with Gasteiger partial charge in [-0.05, 0) is 55.1 Å². The highest BCUT2D eigenvalue weighted by Gasteiger charge is 2.24. The quantitative estimate of drug-likeness (QED) is 0.881. The molecule has 1 amide bonds. The maximum absolute atomic E-state index is 11.9. The number of carbonyl (C=O) groups is 1. The first-order valence-electron chi connectivity index (χ1n) is 6.64. The number of benzene rings is 1. The van der Waals surface area contributed by atoms with Crippen LogP contribution in [0, 0.1) is 6.92 Å². The van der Waals surface area contributed by atoms with Crippen molar-refractivity contribution in [3.05, 3.63) is 52.8 Å². The highest BCUT2D eigenvalue weighted by atomic mass is 32.2. The van der Waals surface area contributed by atoms with Crippen molar-refractivity contribution in [2.75, 3.05) is 7.11 Å². The van der Waals surface area contributed by atoms with E-state index in [1.807, 2.05) is 43.3 Å². The average Bonchev–Trinajstić information content (AvgIpc) is 3.06. The molecule has 0 aliphatic carbocycles. The van der Waals surface area contributed by atoms with Crippen molar-refractivity contribution in [3.8, 4) is 5.75 Å². The number of rotatable bonds is 3. The number of nitrogens with zero attached hydrogens (tertiary/aromatic N) is 1. The first-order valence-corrected chi connectivity index (χ1v) is 7.46. The van der Waals surface area contributed by atoms with Gasteiger partial charge in [0.25, 0.3) is 5.91 Å². The molecule has 1 aliphatic rings. The summed E-state index contributed by atoms with van der Waals surface area (Å²) in [5.74, 6) is 2.05. The number of carbonyl (C=O) groups excluding carboxylic acids is 1. The molecule has 1 fully saturated rings. The van der Waals surface area contributed by atoms with Gasteiger partial charge in [-0.15, -0.1) is 0 Å². The van der Waals surface area contributed by atoms with Crippen LogP contribution in [0.25, 0.3) is 6.08 Å². The van der Waals surface area contributed by atoms with Gasteiger partial charge in [-0.1, -0.05) is 0 Å². The molecule has 1 aromatic carbocycles. The van der Waals surface area contributed by atoms with Crippen LogP contribution in [0.1, 0.15) is 11.5 Å². The molecule has 2 heterocycles. The smallest absolute Gasteiger partial charge is 0.264 e. The Hall–Kier alpha value is -2.47. The molecule has 1 aromatic heterocycles. The van der Waals surface area contributed by atoms with Gasteiger partial charge in [0.2, 0.25) is 0 Å². The maximum atomic E-state index is 11.9. The molecular formula is C16H14N2O3S. The second kappa shape index (κ2) is 6.11. The van der Waals surface area contributed by atoms with E-state index >= 15 is 0 Å². The molecule has 22 heavy (non-hydrogen) atoms. The van der Waals surface area contributed by atoms with E-state index in [1.165, 1.54) is 11.8 Å². The Morgan fingerprint density at radius 1 is 1.23 bits per heavy atom. The van der Waals surface area contributed by atoms with E-state index < -0.39 is 0 Å². The number of amidine groups is 1. The summed E-state index contributed by atoms with van der Waals surface area (Å²) in [6, 6.07) is 11.0. The topological polar surface area (TPSA) is 63.8 Å². The lowest BCUT2D eigenvalue weighted by atomic mass is 10.3. The SMILES string of the molecule is COc1ccc(N=C2NC(=O)C(=Cc3ccc(C)o3)S2)cc1. The molecule has 5 nitrogen and oxygen atoms in total. The largest absolute Gasteiger partial charge is 0.497 e. The third kappa shape index (κ3) is 3.23. The van der Waals surface area contributed by atoms with Crippen LogP contribution in [0.2, 0.25) is 0 Å². The number of aliphatic imine (C=N–C) groups is 1. The summed E-state index contributed by atoms with van der Waals surface area (Å²) in [6.07, 6.45) is 1.71. The molecule has 0 bridgehead atoms. The molecule has 112 valence electrons. The number of hydrogen-bond acceptors (Lipinski definition) is 5. The molecule has 0 radical (unpaired) electrons. The summed E-state index contributed by atoms with van der Waals surface area (Å²) < 4.78 is 10.5. The summed E-state index contributed by atoms with van der Waals surface area (Å²) in [5, 5.41) is 3.29. The van der Waals surface area contributed by atoms with Gasteiger partial charge in [0.05, 0.1) is 17.7 Å². The van der Waals surface area contributed by atoms with Crippen LogP contribution in [0.3, 0.4) is 0 Å². The minimum Gasteiger partial charge on any atom is -0.497 e. The number of aryl methyl sites for hydroxylation is 1. The first-order chi connectivity index (χ1) is 10.6. The van der Waals surface area contributed by atoms with Crippen molar-refractivity contribution in [1.29, 1.82) is 0 Å². The molecule has 3 rings (SSSR count). The van der Waals surface area contributed by atoms with E-state index in [-0.39, 0.29) is 5.91 Å². The number of thioether (sulfide) groups is 1. The molecule has 1 aliphatic heterocycles. The van der Waals surface area contributed by atoms with Crippen molar-refractivity contribution in [2.24, 2.45) is 4.99 Å². The Morgan fingerprint density at radius 2 is 2.00 bits per heavy atom. The van der Waals surface area contributed by atoms with E-state index in [9.17, 15) is 4.79 Å². The summed E-state index contributed by atoms with van der Waals surface area (Å²) in [7, 11) is 1.61. The predicted octanol–water partition coefficient (Wildman–Crippen LogP) is 3.49. The van der Waals surface area contributed by atoms with Gasteiger partial charge in [-0.3, -0.25) is 4.79 Å². The fourth-order valence-electron chi connectivity index (χ4n) is 1.91.